The van der Waals surface area contributed by atoms with Crippen LogP contribution in [0.5, 0.6) is 5.75 Å². The Morgan fingerprint density at radius 3 is 2.55 bits per heavy atom. The van der Waals surface area contributed by atoms with Gasteiger partial charge in [-0.15, -0.1) is 0 Å². The summed E-state index contributed by atoms with van der Waals surface area (Å²) in [4.78, 5) is 22.7. The highest BCUT2D eigenvalue weighted by Crippen LogP contribution is 2.20. The second-order valence-corrected chi connectivity index (χ2v) is 4.95. The van der Waals surface area contributed by atoms with E-state index in [1.807, 2.05) is 19.1 Å². The van der Waals surface area contributed by atoms with Gasteiger partial charge in [0.15, 0.2) is 0 Å². The molecule has 6 nitrogen and oxygen atoms in total. The van der Waals surface area contributed by atoms with Crippen LogP contribution in [-0.4, -0.2) is 32.8 Å². The number of urea groups is 1. The van der Waals surface area contributed by atoms with E-state index in [-0.39, 0.29) is 12.0 Å². The van der Waals surface area contributed by atoms with Crippen molar-refractivity contribution in [2.75, 3.05) is 26.1 Å². The first-order valence-corrected chi connectivity index (χ1v) is 7.33. The van der Waals surface area contributed by atoms with Crippen LogP contribution >= 0.6 is 0 Å². The van der Waals surface area contributed by atoms with Crippen LogP contribution in [0.1, 0.15) is 31.2 Å². The predicted octanol–water partition coefficient (Wildman–Crippen LogP) is 2.86. The van der Waals surface area contributed by atoms with Crippen molar-refractivity contribution in [2.24, 2.45) is 0 Å². The second kappa shape index (κ2) is 9.65. The van der Waals surface area contributed by atoms with Crippen molar-refractivity contribution in [1.82, 2.24) is 5.32 Å². The molecule has 0 heterocycles. The number of carbonyl (C=O) groups is 2. The smallest absolute Gasteiger partial charge is 0.319 e. The Labute approximate surface area is 131 Å². The summed E-state index contributed by atoms with van der Waals surface area (Å²) in [5.74, 6) is 0.565. The van der Waals surface area contributed by atoms with Crippen molar-refractivity contribution in [1.29, 1.82) is 0 Å². The third-order valence-corrected chi connectivity index (χ3v) is 3.25. The molecule has 2 N–H and O–H groups in total. The number of carbonyl (C=O) groups excluding carboxylic acids is 2. The van der Waals surface area contributed by atoms with E-state index in [1.165, 1.54) is 7.11 Å². The number of benzene rings is 1. The van der Waals surface area contributed by atoms with Crippen LogP contribution in [0.15, 0.2) is 18.2 Å². The molecule has 0 saturated heterocycles. The summed E-state index contributed by atoms with van der Waals surface area (Å²) >= 11 is 0. The molecule has 1 rings (SSSR count). The molecule has 1 aromatic carbocycles. The first-order chi connectivity index (χ1) is 10.6. The summed E-state index contributed by atoms with van der Waals surface area (Å²) in [6, 6.07) is 5.24. The molecule has 1 aromatic rings. The van der Waals surface area contributed by atoms with Crippen LogP contribution in [0, 0.1) is 6.92 Å². The average molecular weight is 308 g/mol. The molecule has 6 heteroatoms. The number of amides is 2. The number of ether oxygens (including phenoxy) is 2. The number of hydrogen-bond acceptors (Lipinski definition) is 4. The molecule has 0 unspecified atom stereocenters. The third kappa shape index (κ3) is 6.47. The van der Waals surface area contributed by atoms with E-state index in [0.29, 0.717) is 13.0 Å². The van der Waals surface area contributed by atoms with Crippen LogP contribution in [0.4, 0.5) is 10.5 Å². The van der Waals surface area contributed by atoms with Crippen molar-refractivity contribution in [2.45, 2.75) is 32.6 Å². The van der Waals surface area contributed by atoms with E-state index in [4.69, 9.17) is 4.74 Å². The summed E-state index contributed by atoms with van der Waals surface area (Å²) < 4.78 is 9.68. The predicted molar refractivity (Wildman–Crippen MR) is 85.2 cm³/mol. The maximum Gasteiger partial charge on any atom is 0.319 e. The number of esters is 1. The topological polar surface area (TPSA) is 76.7 Å². The summed E-state index contributed by atoms with van der Waals surface area (Å²) in [7, 11) is 2.99. The Morgan fingerprint density at radius 2 is 1.91 bits per heavy atom. The second-order valence-electron chi connectivity index (χ2n) is 4.95. The molecule has 122 valence electrons. The fourth-order valence-electron chi connectivity index (χ4n) is 1.94. The molecular weight excluding hydrogens is 284 g/mol. The number of hydrogen-bond donors (Lipinski definition) is 2. The van der Waals surface area contributed by atoms with Gasteiger partial charge in [0.2, 0.25) is 0 Å². The van der Waals surface area contributed by atoms with Crippen LogP contribution in [0.2, 0.25) is 0 Å². The maximum absolute atomic E-state index is 11.8. The highest BCUT2D eigenvalue weighted by molar-refractivity contribution is 5.90. The highest BCUT2D eigenvalue weighted by Gasteiger charge is 2.05. The van der Waals surface area contributed by atoms with E-state index in [0.717, 1.165) is 36.3 Å². The van der Waals surface area contributed by atoms with Gasteiger partial charge in [-0.1, -0.05) is 6.42 Å². The minimum atomic E-state index is -0.235. The summed E-state index contributed by atoms with van der Waals surface area (Å²) in [6.45, 7) is 2.48. The molecule has 0 aromatic heterocycles. The minimum absolute atomic E-state index is 0.194. The van der Waals surface area contributed by atoms with Crippen molar-refractivity contribution < 1.29 is 19.1 Å². The molecule has 0 spiro atoms. The summed E-state index contributed by atoms with van der Waals surface area (Å²) in [5, 5.41) is 5.59. The van der Waals surface area contributed by atoms with Crippen molar-refractivity contribution in [3.05, 3.63) is 23.8 Å². The van der Waals surface area contributed by atoms with Gasteiger partial charge in [0, 0.05) is 18.7 Å². The Morgan fingerprint density at radius 1 is 1.14 bits per heavy atom. The number of nitrogens with one attached hydrogen (secondary N) is 2. The molecule has 0 bridgehead atoms. The zero-order chi connectivity index (χ0) is 16.4. The fraction of sp³-hybridized carbons (Fsp3) is 0.500. The monoisotopic (exact) mass is 308 g/mol. The Kier molecular flexibility index (Phi) is 7.81. The van der Waals surface area contributed by atoms with Crippen LogP contribution in [0.3, 0.4) is 0 Å². The van der Waals surface area contributed by atoms with Crippen LogP contribution < -0.4 is 15.4 Å². The van der Waals surface area contributed by atoms with Gasteiger partial charge in [0.25, 0.3) is 0 Å². The Hall–Kier alpha value is -2.24. The molecule has 0 aliphatic rings. The first kappa shape index (κ1) is 17.8. The number of unbranched alkanes of at least 4 members (excludes halogenated alkanes) is 2. The quantitative estimate of drug-likeness (QED) is 0.572. The average Bonchev–Trinajstić information content (AvgIpc) is 2.52. The minimum Gasteiger partial charge on any atom is -0.497 e. The molecule has 2 amide bonds. The number of rotatable bonds is 8. The molecule has 22 heavy (non-hydrogen) atoms. The maximum atomic E-state index is 11.8. The summed E-state index contributed by atoms with van der Waals surface area (Å²) in [5.41, 5.74) is 1.69. The normalized spacial score (nSPS) is 9.95. The van der Waals surface area contributed by atoms with Crippen LogP contribution in [-0.2, 0) is 9.53 Å². The van der Waals surface area contributed by atoms with Gasteiger partial charge in [0.1, 0.15) is 5.75 Å². The van der Waals surface area contributed by atoms with Gasteiger partial charge in [-0.25, -0.2) is 4.79 Å². The van der Waals surface area contributed by atoms with Gasteiger partial charge in [-0.2, -0.15) is 0 Å². The van der Waals surface area contributed by atoms with E-state index >= 15 is 0 Å². The molecule has 0 atom stereocenters. The van der Waals surface area contributed by atoms with E-state index in [2.05, 4.69) is 15.4 Å². The van der Waals surface area contributed by atoms with Gasteiger partial charge >= 0.3 is 12.0 Å². The molecular formula is C16H24N2O4. The number of anilines is 1. The number of aryl methyl sites for hydroxylation is 1. The highest BCUT2D eigenvalue weighted by atomic mass is 16.5. The van der Waals surface area contributed by atoms with Crippen molar-refractivity contribution in [3.63, 3.8) is 0 Å². The van der Waals surface area contributed by atoms with Gasteiger partial charge in [0.05, 0.1) is 14.2 Å². The molecule has 0 radical (unpaired) electrons. The van der Waals surface area contributed by atoms with Crippen molar-refractivity contribution in [3.8, 4) is 5.75 Å². The molecule has 0 saturated carbocycles. The van der Waals surface area contributed by atoms with Crippen molar-refractivity contribution >= 4 is 17.7 Å². The first-order valence-electron chi connectivity index (χ1n) is 7.33. The summed E-state index contributed by atoms with van der Waals surface area (Å²) in [6.07, 6.45) is 2.89. The van der Waals surface area contributed by atoms with E-state index in [1.54, 1.807) is 13.2 Å². The van der Waals surface area contributed by atoms with E-state index in [9.17, 15) is 9.59 Å². The third-order valence-electron chi connectivity index (χ3n) is 3.25. The van der Waals surface area contributed by atoms with Gasteiger partial charge in [-0.05, 0) is 43.5 Å². The Bertz CT molecular complexity index is 503. The lowest BCUT2D eigenvalue weighted by molar-refractivity contribution is -0.140. The lowest BCUT2D eigenvalue weighted by atomic mass is 10.2. The molecule has 0 aliphatic carbocycles. The largest absolute Gasteiger partial charge is 0.497 e. The zero-order valence-corrected chi connectivity index (χ0v) is 13.4. The lowest BCUT2D eigenvalue weighted by Gasteiger charge is -2.11. The SMILES string of the molecule is COC(=O)CCCCCNC(=O)Nc1ccc(OC)cc1C. The standard InChI is InChI=1S/C16H24N2O4/c1-12-11-13(21-2)8-9-14(12)18-16(20)17-10-6-4-5-7-15(19)22-3/h8-9,11H,4-7,10H2,1-3H3,(H2,17,18,20). The van der Waals surface area contributed by atoms with Gasteiger partial charge < -0.3 is 20.1 Å². The van der Waals surface area contributed by atoms with Gasteiger partial charge in [-0.3, -0.25) is 4.79 Å². The fourth-order valence-corrected chi connectivity index (χ4v) is 1.94. The number of methoxy groups -OCH3 is 2. The van der Waals surface area contributed by atoms with E-state index < -0.39 is 0 Å². The molecule has 0 fully saturated rings. The molecule has 0 aliphatic heterocycles. The van der Waals surface area contributed by atoms with Crippen LogP contribution in [0.25, 0.3) is 0 Å². The zero-order valence-electron chi connectivity index (χ0n) is 13.4. The lowest BCUT2D eigenvalue weighted by Crippen LogP contribution is -2.29. The Balaban J connectivity index is 2.22.